The number of benzene rings is 1. The van der Waals surface area contributed by atoms with Crippen molar-refractivity contribution < 1.29 is 14.7 Å². The minimum atomic E-state index is -0.881. The van der Waals surface area contributed by atoms with Gasteiger partial charge in [-0.2, -0.15) is 0 Å². The van der Waals surface area contributed by atoms with Gasteiger partial charge in [-0.1, -0.05) is 19.8 Å². The van der Waals surface area contributed by atoms with Gasteiger partial charge in [0.25, 0.3) is 5.91 Å². The van der Waals surface area contributed by atoms with Gasteiger partial charge in [-0.15, -0.1) is 0 Å². The summed E-state index contributed by atoms with van der Waals surface area (Å²) in [7, 11) is 0. The lowest BCUT2D eigenvalue weighted by Crippen LogP contribution is -2.29. The van der Waals surface area contributed by atoms with Crippen molar-refractivity contribution in [2.45, 2.75) is 45.1 Å². The van der Waals surface area contributed by atoms with Gasteiger partial charge < -0.3 is 15.4 Å². The van der Waals surface area contributed by atoms with Crippen LogP contribution in [0, 0.1) is 5.92 Å². The third-order valence-corrected chi connectivity index (χ3v) is 4.80. The summed E-state index contributed by atoms with van der Waals surface area (Å²) in [6, 6.07) is 5.43. The Morgan fingerprint density at radius 3 is 2.76 bits per heavy atom. The fourth-order valence-corrected chi connectivity index (χ4v) is 3.54. The van der Waals surface area contributed by atoms with Crippen LogP contribution in [0.3, 0.4) is 0 Å². The van der Waals surface area contributed by atoms with E-state index in [1.807, 2.05) is 0 Å². The molecule has 0 saturated heterocycles. The zero-order valence-corrected chi connectivity index (χ0v) is 14.2. The first-order valence-corrected chi connectivity index (χ1v) is 8.70. The van der Waals surface area contributed by atoms with Crippen LogP contribution < -0.4 is 11.0 Å². The Labute approximate surface area is 145 Å². The van der Waals surface area contributed by atoms with Crippen molar-refractivity contribution in [3.05, 3.63) is 34.2 Å². The van der Waals surface area contributed by atoms with E-state index in [0.717, 1.165) is 31.2 Å². The number of carboxylic acids is 1. The normalized spacial score (nSPS) is 16.2. The van der Waals surface area contributed by atoms with Crippen LogP contribution in [0.15, 0.2) is 23.0 Å². The Kier molecular flexibility index (Phi) is 4.92. The van der Waals surface area contributed by atoms with Crippen LogP contribution in [0.2, 0.25) is 0 Å². The van der Waals surface area contributed by atoms with E-state index >= 15 is 0 Å². The lowest BCUT2D eigenvalue weighted by atomic mass is 10.1. The van der Waals surface area contributed by atoms with Crippen LogP contribution in [-0.4, -0.2) is 33.1 Å². The van der Waals surface area contributed by atoms with Crippen LogP contribution in [-0.2, 0) is 4.79 Å². The second-order valence-corrected chi connectivity index (χ2v) is 6.88. The molecule has 3 N–H and O–H groups in total. The maximum absolute atomic E-state index is 12.3. The molecule has 1 fully saturated rings. The van der Waals surface area contributed by atoms with Crippen LogP contribution >= 0.6 is 0 Å². The molecule has 2 aromatic rings. The molecule has 25 heavy (non-hydrogen) atoms. The predicted octanol–water partition coefficient (Wildman–Crippen LogP) is 2.29. The zero-order chi connectivity index (χ0) is 18.0. The summed E-state index contributed by atoms with van der Waals surface area (Å²) in [5.41, 5.74) is 1.81. The van der Waals surface area contributed by atoms with Crippen molar-refractivity contribution in [3.8, 4) is 0 Å². The smallest absolute Gasteiger partial charge is 0.326 e. The summed E-state index contributed by atoms with van der Waals surface area (Å²) >= 11 is 0. The number of hydrogen-bond donors (Lipinski definition) is 3. The number of carbonyl (C=O) groups is 2. The monoisotopic (exact) mass is 345 g/mol. The summed E-state index contributed by atoms with van der Waals surface area (Å²) < 4.78 is 1.80. The summed E-state index contributed by atoms with van der Waals surface area (Å²) in [4.78, 5) is 38.1. The highest BCUT2D eigenvalue weighted by atomic mass is 16.4. The van der Waals surface area contributed by atoms with E-state index in [9.17, 15) is 14.4 Å². The van der Waals surface area contributed by atoms with E-state index in [2.05, 4.69) is 10.3 Å². The van der Waals surface area contributed by atoms with Gasteiger partial charge in [0.1, 0.15) is 0 Å². The van der Waals surface area contributed by atoms with Gasteiger partial charge in [0.15, 0.2) is 0 Å². The molecule has 0 bridgehead atoms. The third-order valence-electron chi connectivity index (χ3n) is 4.80. The van der Waals surface area contributed by atoms with Crippen molar-refractivity contribution in [3.63, 3.8) is 0 Å². The van der Waals surface area contributed by atoms with Crippen molar-refractivity contribution in [1.29, 1.82) is 0 Å². The summed E-state index contributed by atoms with van der Waals surface area (Å²) in [6.45, 7) is 2.07. The van der Waals surface area contributed by atoms with Gasteiger partial charge in [-0.3, -0.25) is 14.2 Å². The van der Waals surface area contributed by atoms with Crippen molar-refractivity contribution >= 4 is 22.9 Å². The van der Waals surface area contributed by atoms with Gasteiger partial charge >= 0.3 is 11.7 Å². The molecule has 1 aromatic heterocycles. The first-order chi connectivity index (χ1) is 12.0. The SMILES string of the molecule is CC(CNC(=O)c1ccc2c(c1)[nH]c(=O)n2C1CCCC1)CC(=O)O. The molecule has 1 aliphatic carbocycles. The first-order valence-electron chi connectivity index (χ1n) is 8.70. The molecule has 0 aliphatic heterocycles. The van der Waals surface area contributed by atoms with Gasteiger partial charge in [0, 0.05) is 24.6 Å². The van der Waals surface area contributed by atoms with Crippen molar-refractivity contribution in [2.24, 2.45) is 5.92 Å². The van der Waals surface area contributed by atoms with Crippen LogP contribution in [0.1, 0.15) is 55.4 Å². The Morgan fingerprint density at radius 1 is 1.36 bits per heavy atom. The minimum Gasteiger partial charge on any atom is -0.481 e. The summed E-state index contributed by atoms with van der Waals surface area (Å²) in [5.74, 6) is -1.30. The Hall–Kier alpha value is -2.57. The number of nitrogens with one attached hydrogen (secondary N) is 2. The van der Waals surface area contributed by atoms with E-state index in [0.29, 0.717) is 17.6 Å². The Bertz CT molecular complexity index is 846. The highest BCUT2D eigenvalue weighted by Gasteiger charge is 2.21. The van der Waals surface area contributed by atoms with Crippen LogP contribution in [0.5, 0.6) is 0 Å². The van der Waals surface area contributed by atoms with Crippen molar-refractivity contribution in [1.82, 2.24) is 14.9 Å². The molecule has 1 atom stereocenters. The number of carboxylic acid groups (broad SMARTS) is 1. The molecular weight excluding hydrogens is 322 g/mol. The van der Waals surface area contributed by atoms with E-state index in [-0.39, 0.29) is 30.0 Å². The van der Waals surface area contributed by atoms with Crippen LogP contribution in [0.25, 0.3) is 11.0 Å². The van der Waals surface area contributed by atoms with Gasteiger partial charge in [0.05, 0.1) is 11.0 Å². The summed E-state index contributed by atoms with van der Waals surface area (Å²) in [5, 5.41) is 11.5. The minimum absolute atomic E-state index is 0.0108. The lowest BCUT2D eigenvalue weighted by molar-refractivity contribution is -0.137. The first kappa shape index (κ1) is 17.3. The molecule has 3 rings (SSSR count). The average Bonchev–Trinajstić information content (AvgIpc) is 3.17. The van der Waals surface area contributed by atoms with Gasteiger partial charge in [-0.25, -0.2) is 4.79 Å². The Balaban J connectivity index is 1.76. The zero-order valence-electron chi connectivity index (χ0n) is 14.2. The molecule has 1 amide bonds. The molecule has 0 spiro atoms. The fraction of sp³-hybridized carbons (Fsp3) is 0.500. The fourth-order valence-electron chi connectivity index (χ4n) is 3.54. The highest BCUT2D eigenvalue weighted by molar-refractivity contribution is 5.97. The van der Waals surface area contributed by atoms with E-state index in [1.54, 1.807) is 29.7 Å². The molecule has 1 unspecified atom stereocenters. The van der Waals surface area contributed by atoms with E-state index in [1.165, 1.54) is 0 Å². The van der Waals surface area contributed by atoms with Crippen LogP contribution in [0.4, 0.5) is 0 Å². The molecule has 1 aromatic carbocycles. The standard InChI is InChI=1S/C18H23N3O4/c1-11(8-16(22)23)10-19-17(24)12-6-7-15-14(9-12)20-18(25)21(15)13-4-2-3-5-13/h6-7,9,11,13H,2-5,8,10H2,1H3,(H,19,24)(H,20,25)(H,22,23). The predicted molar refractivity (Wildman–Crippen MR) is 93.8 cm³/mol. The molecule has 7 heteroatoms. The molecule has 1 saturated carbocycles. The van der Waals surface area contributed by atoms with E-state index < -0.39 is 5.97 Å². The number of fused-ring (bicyclic) bond motifs is 1. The number of aromatic nitrogens is 2. The van der Waals surface area contributed by atoms with Gasteiger partial charge in [-0.05, 0) is 37.0 Å². The number of carbonyl (C=O) groups excluding carboxylic acids is 1. The third kappa shape index (κ3) is 3.75. The average molecular weight is 345 g/mol. The second kappa shape index (κ2) is 7.13. The molecular formula is C18H23N3O4. The molecule has 0 radical (unpaired) electrons. The topological polar surface area (TPSA) is 104 Å². The number of aromatic amines is 1. The Morgan fingerprint density at radius 2 is 2.08 bits per heavy atom. The maximum Gasteiger partial charge on any atom is 0.326 e. The number of rotatable bonds is 6. The molecule has 1 aliphatic rings. The second-order valence-electron chi connectivity index (χ2n) is 6.88. The molecule has 134 valence electrons. The number of hydrogen-bond acceptors (Lipinski definition) is 3. The molecule has 7 nitrogen and oxygen atoms in total. The summed E-state index contributed by atoms with van der Waals surface area (Å²) in [6.07, 6.45) is 4.31. The highest BCUT2D eigenvalue weighted by Crippen LogP contribution is 2.30. The van der Waals surface area contributed by atoms with E-state index in [4.69, 9.17) is 5.11 Å². The quantitative estimate of drug-likeness (QED) is 0.747. The largest absolute Gasteiger partial charge is 0.481 e. The maximum atomic E-state index is 12.3. The van der Waals surface area contributed by atoms with Crippen molar-refractivity contribution in [2.75, 3.05) is 6.54 Å². The number of aliphatic carboxylic acids is 1. The number of imidazole rings is 1. The number of nitrogens with zero attached hydrogens (tertiary/aromatic N) is 1. The number of H-pyrrole nitrogens is 1. The lowest BCUT2D eigenvalue weighted by Gasteiger charge is -2.12. The molecule has 1 heterocycles. The van der Waals surface area contributed by atoms with Gasteiger partial charge in [0.2, 0.25) is 0 Å². The number of amides is 1.